The fourth-order valence-corrected chi connectivity index (χ4v) is 2.69. The highest BCUT2D eigenvalue weighted by molar-refractivity contribution is 6.41. The van der Waals surface area contributed by atoms with Gasteiger partial charge in [-0.1, -0.05) is 30.1 Å². The number of nitrogens with zero attached hydrogens (tertiary/aromatic N) is 1. The van der Waals surface area contributed by atoms with Crippen LogP contribution in [0.1, 0.15) is 20.3 Å². The first-order valence-electron chi connectivity index (χ1n) is 5.76. The number of carbonyl (C=O) groups is 2. The van der Waals surface area contributed by atoms with Crippen LogP contribution in [0, 0.1) is 5.92 Å². The second-order valence-electron chi connectivity index (χ2n) is 4.84. The average molecular weight is 321 g/mol. The number of amides is 2. The van der Waals surface area contributed by atoms with Crippen LogP contribution < -0.4 is 4.90 Å². The molecule has 0 bridgehead atoms. The molecule has 6 heteroatoms. The second kappa shape index (κ2) is 4.97. The molecule has 1 aliphatic rings. The van der Waals surface area contributed by atoms with E-state index in [0.29, 0.717) is 15.7 Å². The van der Waals surface area contributed by atoms with Crippen LogP contribution in [0.4, 0.5) is 5.69 Å². The summed E-state index contributed by atoms with van der Waals surface area (Å²) in [5, 5.41) is 0.719. The Labute approximate surface area is 126 Å². The highest BCUT2D eigenvalue weighted by Gasteiger charge is 2.48. The van der Waals surface area contributed by atoms with Crippen LogP contribution in [0.3, 0.4) is 0 Å². The molecule has 2 rings (SSSR count). The normalized spacial score (nSPS) is 27.8. The Hall–Kier alpha value is -0.770. The molecule has 0 aromatic heterocycles. The van der Waals surface area contributed by atoms with E-state index in [-0.39, 0.29) is 18.2 Å². The zero-order chi connectivity index (χ0) is 14.4. The number of halogens is 3. The first-order valence-corrected chi connectivity index (χ1v) is 6.89. The molecule has 1 aromatic rings. The zero-order valence-corrected chi connectivity index (χ0v) is 12.7. The summed E-state index contributed by atoms with van der Waals surface area (Å²) in [6.07, 6.45) is 0.204. The monoisotopic (exact) mass is 319 g/mol. The van der Waals surface area contributed by atoms with Gasteiger partial charge >= 0.3 is 0 Å². The molecular formula is C13H12Cl3NO2. The Morgan fingerprint density at radius 3 is 2.26 bits per heavy atom. The molecule has 2 atom stereocenters. The molecule has 19 heavy (non-hydrogen) atoms. The maximum absolute atomic E-state index is 12.4. The number of imide groups is 1. The molecule has 3 nitrogen and oxygen atoms in total. The number of benzene rings is 1. The van der Waals surface area contributed by atoms with Gasteiger partial charge in [-0.2, -0.15) is 0 Å². The van der Waals surface area contributed by atoms with Crippen LogP contribution >= 0.6 is 34.8 Å². The van der Waals surface area contributed by atoms with E-state index in [1.54, 1.807) is 13.8 Å². The van der Waals surface area contributed by atoms with Crippen molar-refractivity contribution in [3.8, 4) is 0 Å². The van der Waals surface area contributed by atoms with Crippen molar-refractivity contribution >= 4 is 52.3 Å². The van der Waals surface area contributed by atoms with Crippen molar-refractivity contribution in [1.29, 1.82) is 0 Å². The summed E-state index contributed by atoms with van der Waals surface area (Å²) in [6.45, 7) is 3.40. The Balaban J connectivity index is 2.48. The maximum atomic E-state index is 12.4. The molecule has 0 radical (unpaired) electrons. The number of anilines is 1. The molecule has 0 spiro atoms. The van der Waals surface area contributed by atoms with Gasteiger partial charge in [-0.25, -0.2) is 4.90 Å². The van der Waals surface area contributed by atoms with Crippen LogP contribution in [0.5, 0.6) is 0 Å². The van der Waals surface area contributed by atoms with Crippen LogP contribution in [-0.4, -0.2) is 16.7 Å². The zero-order valence-electron chi connectivity index (χ0n) is 10.4. The number of piperidine rings is 1. The number of hydrogen-bond donors (Lipinski definition) is 0. The van der Waals surface area contributed by atoms with Gasteiger partial charge in [0.15, 0.2) is 0 Å². The number of carbonyl (C=O) groups excluding carboxylic acids is 2. The summed E-state index contributed by atoms with van der Waals surface area (Å²) in [5.41, 5.74) is 0.353. The minimum Gasteiger partial charge on any atom is -0.274 e. The minimum absolute atomic E-state index is 0.204. The predicted octanol–water partition coefficient (Wildman–Crippen LogP) is 3.89. The summed E-state index contributed by atoms with van der Waals surface area (Å²) >= 11 is 18.0. The van der Waals surface area contributed by atoms with Crippen LogP contribution in [-0.2, 0) is 9.59 Å². The topological polar surface area (TPSA) is 37.4 Å². The fourth-order valence-electron chi connectivity index (χ4n) is 2.02. The van der Waals surface area contributed by atoms with E-state index in [9.17, 15) is 9.59 Å². The van der Waals surface area contributed by atoms with Crippen LogP contribution in [0.2, 0.25) is 10.0 Å². The molecule has 102 valence electrons. The Morgan fingerprint density at radius 1 is 1.21 bits per heavy atom. The third-order valence-electron chi connectivity index (χ3n) is 3.38. The van der Waals surface area contributed by atoms with Crippen molar-refractivity contribution in [1.82, 2.24) is 0 Å². The summed E-state index contributed by atoms with van der Waals surface area (Å²) in [7, 11) is 0. The van der Waals surface area contributed by atoms with Gasteiger partial charge in [0.2, 0.25) is 5.91 Å². The van der Waals surface area contributed by atoms with Gasteiger partial charge < -0.3 is 0 Å². The lowest BCUT2D eigenvalue weighted by Gasteiger charge is -2.38. The lowest BCUT2D eigenvalue weighted by Crippen LogP contribution is -2.55. The molecule has 2 amide bonds. The average Bonchev–Trinajstić information content (AvgIpc) is 2.25. The Morgan fingerprint density at radius 2 is 1.74 bits per heavy atom. The molecule has 0 saturated carbocycles. The lowest BCUT2D eigenvalue weighted by atomic mass is 9.86. The standard InChI is InChI=1S/C13H12Cl3NO2/c1-7-3-11(18)17(12(19)13(7,2)16)10-5-8(14)4-9(15)6-10/h4-7H,3H2,1-2H3. The van der Waals surface area contributed by atoms with E-state index in [0.717, 1.165) is 4.90 Å². The SMILES string of the molecule is CC1CC(=O)N(c2cc(Cl)cc(Cl)c2)C(=O)C1(C)Cl. The quantitative estimate of drug-likeness (QED) is 0.581. The lowest BCUT2D eigenvalue weighted by molar-refractivity contribution is -0.132. The van der Waals surface area contributed by atoms with Gasteiger partial charge in [-0.15, -0.1) is 11.6 Å². The second-order valence-corrected chi connectivity index (χ2v) is 6.50. The number of rotatable bonds is 1. The van der Waals surface area contributed by atoms with E-state index in [4.69, 9.17) is 34.8 Å². The van der Waals surface area contributed by atoms with Crippen molar-refractivity contribution in [3.05, 3.63) is 28.2 Å². The van der Waals surface area contributed by atoms with Gasteiger partial charge in [0, 0.05) is 16.5 Å². The minimum atomic E-state index is -1.11. The third-order valence-corrected chi connectivity index (χ3v) is 4.35. The molecule has 1 fully saturated rings. The molecule has 1 aromatic carbocycles. The van der Waals surface area contributed by atoms with Crippen molar-refractivity contribution in [2.75, 3.05) is 4.90 Å². The summed E-state index contributed by atoms with van der Waals surface area (Å²) in [6, 6.07) is 4.58. The largest absolute Gasteiger partial charge is 0.274 e. The third kappa shape index (κ3) is 2.60. The fraction of sp³-hybridized carbons (Fsp3) is 0.385. The number of alkyl halides is 1. The molecule has 2 unspecified atom stereocenters. The highest BCUT2D eigenvalue weighted by Crippen LogP contribution is 2.38. The molecular weight excluding hydrogens is 309 g/mol. The van der Waals surface area contributed by atoms with E-state index < -0.39 is 10.8 Å². The van der Waals surface area contributed by atoms with Gasteiger partial charge in [0.05, 0.1) is 5.69 Å². The Bertz CT molecular complexity index is 537. The van der Waals surface area contributed by atoms with Crippen molar-refractivity contribution in [3.63, 3.8) is 0 Å². The summed E-state index contributed by atoms with van der Waals surface area (Å²) in [5.74, 6) is -0.967. The van der Waals surface area contributed by atoms with Gasteiger partial charge in [0.25, 0.3) is 5.91 Å². The first kappa shape index (κ1) is 14.6. The van der Waals surface area contributed by atoms with E-state index in [2.05, 4.69) is 0 Å². The van der Waals surface area contributed by atoms with Gasteiger partial charge in [0.1, 0.15) is 4.87 Å². The van der Waals surface area contributed by atoms with Crippen LogP contribution in [0.15, 0.2) is 18.2 Å². The smallest absolute Gasteiger partial charge is 0.254 e. The highest BCUT2D eigenvalue weighted by atomic mass is 35.5. The summed E-state index contributed by atoms with van der Waals surface area (Å²) < 4.78 is 0. The molecule has 1 heterocycles. The predicted molar refractivity (Wildman–Crippen MR) is 77.0 cm³/mol. The van der Waals surface area contributed by atoms with Crippen molar-refractivity contribution in [2.24, 2.45) is 5.92 Å². The number of hydrogen-bond acceptors (Lipinski definition) is 2. The van der Waals surface area contributed by atoms with Crippen molar-refractivity contribution < 1.29 is 9.59 Å². The van der Waals surface area contributed by atoms with Gasteiger partial charge in [-0.3, -0.25) is 9.59 Å². The Kier molecular flexibility index (Phi) is 3.83. The van der Waals surface area contributed by atoms with Gasteiger partial charge in [-0.05, 0) is 31.0 Å². The van der Waals surface area contributed by atoms with Crippen LogP contribution in [0.25, 0.3) is 0 Å². The van der Waals surface area contributed by atoms with E-state index >= 15 is 0 Å². The molecule has 0 aliphatic carbocycles. The maximum Gasteiger partial charge on any atom is 0.254 e. The molecule has 0 N–H and O–H groups in total. The molecule has 1 aliphatic heterocycles. The van der Waals surface area contributed by atoms with Crippen molar-refractivity contribution in [2.45, 2.75) is 25.1 Å². The first-order chi connectivity index (χ1) is 8.73. The summed E-state index contributed by atoms with van der Waals surface area (Å²) in [4.78, 5) is 24.4. The van der Waals surface area contributed by atoms with E-state index in [1.807, 2.05) is 0 Å². The molecule has 1 saturated heterocycles. The van der Waals surface area contributed by atoms with E-state index in [1.165, 1.54) is 18.2 Å².